The molecule has 0 saturated carbocycles. The van der Waals surface area contributed by atoms with E-state index in [1.807, 2.05) is 24.3 Å². The molecule has 0 atom stereocenters. The Kier molecular flexibility index (Phi) is 4.15. The van der Waals surface area contributed by atoms with Gasteiger partial charge in [-0.2, -0.15) is 0 Å². The molecule has 1 fully saturated rings. The first-order valence-electron chi connectivity index (χ1n) is 6.37. The fraction of sp³-hybridized carbons (Fsp3) is 0.500. The molecule has 0 bridgehead atoms. The molecule has 0 aliphatic carbocycles. The van der Waals surface area contributed by atoms with Gasteiger partial charge in [0.25, 0.3) is 0 Å². The molecule has 1 aromatic carbocycles. The normalized spacial score (nSPS) is 16.9. The molecule has 1 aliphatic heterocycles. The van der Waals surface area contributed by atoms with Crippen molar-refractivity contribution in [3.05, 3.63) is 35.4 Å². The monoisotopic (exact) mass is 232 g/mol. The molecule has 2 N–H and O–H groups in total. The maximum Gasteiger partial charge on any atom is 0.248 e. The molecule has 0 unspecified atom stereocenters. The third-order valence-electron chi connectivity index (χ3n) is 3.40. The van der Waals surface area contributed by atoms with Gasteiger partial charge in [0, 0.05) is 12.1 Å². The van der Waals surface area contributed by atoms with Gasteiger partial charge in [-0.25, -0.2) is 0 Å². The molecule has 3 nitrogen and oxygen atoms in total. The van der Waals surface area contributed by atoms with Gasteiger partial charge in [0.2, 0.25) is 5.91 Å². The Bertz CT molecular complexity index is 366. The minimum absolute atomic E-state index is 0.354. The quantitative estimate of drug-likeness (QED) is 0.860. The Hall–Kier alpha value is -1.35. The van der Waals surface area contributed by atoms with Crippen molar-refractivity contribution in [2.24, 2.45) is 5.73 Å². The topological polar surface area (TPSA) is 46.3 Å². The molecule has 0 radical (unpaired) electrons. The van der Waals surface area contributed by atoms with Crippen LogP contribution in [0.2, 0.25) is 0 Å². The van der Waals surface area contributed by atoms with E-state index in [0.29, 0.717) is 5.56 Å². The summed E-state index contributed by atoms with van der Waals surface area (Å²) < 4.78 is 0. The van der Waals surface area contributed by atoms with Crippen LogP contribution in [0.15, 0.2) is 24.3 Å². The van der Waals surface area contributed by atoms with E-state index in [1.54, 1.807) is 0 Å². The summed E-state index contributed by atoms with van der Waals surface area (Å²) in [5, 5.41) is 0. The number of primary amides is 1. The van der Waals surface area contributed by atoms with Crippen molar-refractivity contribution in [1.82, 2.24) is 4.90 Å². The van der Waals surface area contributed by atoms with Crippen molar-refractivity contribution in [2.45, 2.75) is 25.7 Å². The summed E-state index contributed by atoms with van der Waals surface area (Å²) in [6.07, 6.45) is 5.10. The molecule has 92 valence electrons. The van der Waals surface area contributed by atoms with E-state index in [4.69, 9.17) is 5.73 Å². The Morgan fingerprint density at radius 1 is 1.12 bits per heavy atom. The third kappa shape index (κ3) is 3.56. The molecule has 1 aliphatic rings. The van der Waals surface area contributed by atoms with Crippen molar-refractivity contribution in [3.8, 4) is 0 Å². The van der Waals surface area contributed by atoms with E-state index in [2.05, 4.69) is 4.90 Å². The lowest BCUT2D eigenvalue weighted by Gasteiger charge is -2.26. The Morgan fingerprint density at radius 2 is 1.76 bits per heavy atom. The molecule has 1 heterocycles. The van der Waals surface area contributed by atoms with E-state index in [0.717, 1.165) is 13.0 Å². The molecule has 0 spiro atoms. The van der Waals surface area contributed by atoms with Gasteiger partial charge in [0.1, 0.15) is 0 Å². The van der Waals surface area contributed by atoms with E-state index >= 15 is 0 Å². The number of hydrogen-bond acceptors (Lipinski definition) is 2. The lowest BCUT2D eigenvalue weighted by atomic mass is 10.1. The first-order valence-corrected chi connectivity index (χ1v) is 6.37. The van der Waals surface area contributed by atoms with E-state index in [9.17, 15) is 4.79 Å². The zero-order valence-corrected chi connectivity index (χ0v) is 10.2. The lowest BCUT2D eigenvalue weighted by molar-refractivity contribution is 0.100. The average molecular weight is 232 g/mol. The van der Waals surface area contributed by atoms with Crippen molar-refractivity contribution in [1.29, 1.82) is 0 Å². The Labute approximate surface area is 103 Å². The van der Waals surface area contributed by atoms with Crippen molar-refractivity contribution < 1.29 is 4.79 Å². The fourth-order valence-electron chi connectivity index (χ4n) is 2.31. The van der Waals surface area contributed by atoms with Gasteiger partial charge in [0.15, 0.2) is 0 Å². The van der Waals surface area contributed by atoms with Crippen molar-refractivity contribution >= 4 is 5.91 Å². The smallest absolute Gasteiger partial charge is 0.248 e. The van der Waals surface area contributed by atoms with Gasteiger partial charge < -0.3 is 10.6 Å². The minimum Gasteiger partial charge on any atom is -0.366 e. The Balaban J connectivity index is 1.84. The molecular weight excluding hydrogens is 212 g/mol. The van der Waals surface area contributed by atoms with Crippen LogP contribution >= 0.6 is 0 Å². The molecule has 1 saturated heterocycles. The van der Waals surface area contributed by atoms with Crippen molar-refractivity contribution in [2.75, 3.05) is 19.6 Å². The molecule has 2 rings (SSSR count). The summed E-state index contributed by atoms with van der Waals surface area (Å²) >= 11 is 0. The lowest BCUT2D eigenvalue weighted by Crippen LogP contribution is -2.31. The van der Waals surface area contributed by atoms with Gasteiger partial charge in [-0.05, 0) is 50.0 Å². The standard InChI is InChI=1S/C14H20N2O/c15-14(17)13-6-4-12(5-7-13)8-11-16-9-2-1-3-10-16/h4-7H,1-3,8-11H2,(H2,15,17). The number of nitrogens with two attached hydrogens (primary N) is 1. The molecule has 17 heavy (non-hydrogen) atoms. The first-order chi connectivity index (χ1) is 8.25. The number of piperidine rings is 1. The van der Waals surface area contributed by atoms with Gasteiger partial charge >= 0.3 is 0 Å². The second kappa shape index (κ2) is 5.82. The van der Waals surface area contributed by atoms with Crippen LogP contribution in [0.5, 0.6) is 0 Å². The second-order valence-corrected chi connectivity index (χ2v) is 4.71. The zero-order chi connectivity index (χ0) is 12.1. The van der Waals surface area contributed by atoms with E-state index < -0.39 is 0 Å². The summed E-state index contributed by atoms with van der Waals surface area (Å²) in [7, 11) is 0. The fourth-order valence-corrected chi connectivity index (χ4v) is 2.31. The number of amides is 1. The largest absolute Gasteiger partial charge is 0.366 e. The highest BCUT2D eigenvalue weighted by Crippen LogP contribution is 2.10. The van der Waals surface area contributed by atoms with Crippen LogP contribution < -0.4 is 5.73 Å². The molecule has 1 amide bonds. The van der Waals surface area contributed by atoms with Gasteiger partial charge in [0.05, 0.1) is 0 Å². The van der Waals surface area contributed by atoms with E-state index in [1.165, 1.54) is 37.9 Å². The maximum atomic E-state index is 10.9. The predicted molar refractivity (Wildman–Crippen MR) is 69.0 cm³/mol. The molecule has 3 heteroatoms. The number of nitrogens with zero attached hydrogens (tertiary/aromatic N) is 1. The number of carbonyl (C=O) groups excluding carboxylic acids is 1. The van der Waals surface area contributed by atoms with Crippen LogP contribution in [-0.2, 0) is 6.42 Å². The summed E-state index contributed by atoms with van der Waals surface area (Å²) in [4.78, 5) is 13.5. The molecule has 1 aromatic rings. The summed E-state index contributed by atoms with van der Waals surface area (Å²) in [6.45, 7) is 3.59. The van der Waals surface area contributed by atoms with Crippen LogP contribution in [-0.4, -0.2) is 30.4 Å². The minimum atomic E-state index is -0.354. The third-order valence-corrected chi connectivity index (χ3v) is 3.40. The number of hydrogen-bond donors (Lipinski definition) is 1. The van der Waals surface area contributed by atoms with Crippen LogP contribution in [0.1, 0.15) is 35.2 Å². The van der Waals surface area contributed by atoms with Gasteiger partial charge in [-0.1, -0.05) is 18.6 Å². The number of rotatable bonds is 4. The van der Waals surface area contributed by atoms with Crippen LogP contribution in [0.3, 0.4) is 0 Å². The highest BCUT2D eigenvalue weighted by molar-refractivity contribution is 5.92. The van der Waals surface area contributed by atoms with Crippen LogP contribution in [0.4, 0.5) is 0 Å². The van der Waals surface area contributed by atoms with Gasteiger partial charge in [-0.15, -0.1) is 0 Å². The maximum absolute atomic E-state index is 10.9. The number of carbonyl (C=O) groups is 1. The highest BCUT2D eigenvalue weighted by Gasteiger charge is 2.09. The molecular formula is C14H20N2O. The van der Waals surface area contributed by atoms with Gasteiger partial charge in [-0.3, -0.25) is 4.79 Å². The summed E-state index contributed by atoms with van der Waals surface area (Å²) in [6, 6.07) is 7.63. The first kappa shape index (κ1) is 12.1. The number of benzene rings is 1. The number of likely N-dealkylation sites (tertiary alicyclic amines) is 1. The second-order valence-electron chi connectivity index (χ2n) is 4.71. The van der Waals surface area contributed by atoms with Crippen molar-refractivity contribution in [3.63, 3.8) is 0 Å². The summed E-state index contributed by atoms with van der Waals surface area (Å²) in [5.41, 5.74) is 7.08. The highest BCUT2D eigenvalue weighted by atomic mass is 16.1. The van der Waals surface area contributed by atoms with Crippen LogP contribution in [0.25, 0.3) is 0 Å². The average Bonchev–Trinajstić information content (AvgIpc) is 2.38. The predicted octanol–water partition coefficient (Wildman–Crippen LogP) is 1.81. The molecule has 0 aromatic heterocycles. The summed E-state index contributed by atoms with van der Waals surface area (Å²) in [5.74, 6) is -0.354. The van der Waals surface area contributed by atoms with E-state index in [-0.39, 0.29) is 5.91 Å². The zero-order valence-electron chi connectivity index (χ0n) is 10.2. The Morgan fingerprint density at radius 3 is 2.35 bits per heavy atom. The SMILES string of the molecule is NC(=O)c1ccc(CCN2CCCCC2)cc1. The van der Waals surface area contributed by atoms with Crippen LogP contribution in [0, 0.1) is 0 Å².